The zero-order chi connectivity index (χ0) is 12.0. The molecule has 0 aromatic heterocycles. The standard InChI is InChI=1S/C10H10BrF3N2/c11-6-1-2-8(7(15)5-6)16-9(3-4-9)10(12,13)14/h1-2,5,16H,3-4,15H2. The average Bonchev–Trinajstić information content (AvgIpc) is 2.90. The van der Waals surface area contributed by atoms with Crippen LogP contribution in [-0.2, 0) is 0 Å². The molecule has 1 fully saturated rings. The Morgan fingerprint density at radius 1 is 1.31 bits per heavy atom. The topological polar surface area (TPSA) is 38.0 Å². The summed E-state index contributed by atoms with van der Waals surface area (Å²) < 4.78 is 38.8. The minimum absolute atomic E-state index is 0.103. The van der Waals surface area contributed by atoms with Crippen LogP contribution in [0.2, 0.25) is 0 Å². The van der Waals surface area contributed by atoms with Crippen LogP contribution in [0, 0.1) is 0 Å². The maximum Gasteiger partial charge on any atom is 0.411 e. The van der Waals surface area contributed by atoms with Gasteiger partial charge in [0.05, 0.1) is 11.4 Å². The van der Waals surface area contributed by atoms with E-state index >= 15 is 0 Å². The molecule has 0 unspecified atom stereocenters. The van der Waals surface area contributed by atoms with Crippen molar-refractivity contribution in [3.05, 3.63) is 22.7 Å². The molecular formula is C10H10BrF3N2. The van der Waals surface area contributed by atoms with Crippen LogP contribution in [0.15, 0.2) is 22.7 Å². The van der Waals surface area contributed by atoms with E-state index in [2.05, 4.69) is 21.2 Å². The van der Waals surface area contributed by atoms with E-state index in [1.54, 1.807) is 18.2 Å². The second-order valence-corrected chi connectivity index (χ2v) is 4.85. The molecule has 1 aliphatic carbocycles. The average molecular weight is 295 g/mol. The molecule has 0 aliphatic heterocycles. The summed E-state index contributed by atoms with van der Waals surface area (Å²) in [5.74, 6) is 0. The Morgan fingerprint density at radius 2 is 1.94 bits per heavy atom. The smallest absolute Gasteiger partial charge is 0.397 e. The predicted octanol–water partition coefficient (Wildman–Crippen LogP) is 3.54. The predicted molar refractivity (Wildman–Crippen MR) is 60.2 cm³/mol. The number of nitrogens with one attached hydrogen (secondary N) is 1. The summed E-state index contributed by atoms with van der Waals surface area (Å²) in [5, 5.41) is 2.49. The first-order valence-corrected chi connectivity index (χ1v) is 5.53. The summed E-state index contributed by atoms with van der Waals surface area (Å²) in [5.41, 5.74) is 4.51. The molecule has 3 N–H and O–H groups in total. The SMILES string of the molecule is Nc1cc(Br)ccc1NC1(C(F)(F)F)CC1. The van der Waals surface area contributed by atoms with Crippen LogP contribution >= 0.6 is 15.9 Å². The number of halogens is 4. The van der Waals surface area contributed by atoms with E-state index in [-0.39, 0.29) is 12.8 Å². The van der Waals surface area contributed by atoms with Crippen molar-refractivity contribution in [1.29, 1.82) is 0 Å². The molecular weight excluding hydrogens is 285 g/mol. The minimum atomic E-state index is -4.23. The fourth-order valence-corrected chi connectivity index (χ4v) is 1.89. The number of alkyl halides is 3. The van der Waals surface area contributed by atoms with Gasteiger partial charge in [-0.15, -0.1) is 0 Å². The lowest BCUT2D eigenvalue weighted by Crippen LogP contribution is -2.38. The van der Waals surface area contributed by atoms with Gasteiger partial charge in [0, 0.05) is 4.47 Å². The third-order valence-corrected chi connectivity index (χ3v) is 3.17. The van der Waals surface area contributed by atoms with Crippen LogP contribution in [0.25, 0.3) is 0 Å². The fraction of sp³-hybridized carbons (Fsp3) is 0.400. The maximum atomic E-state index is 12.7. The van der Waals surface area contributed by atoms with Gasteiger partial charge in [-0.25, -0.2) is 0 Å². The number of hydrogen-bond donors (Lipinski definition) is 2. The van der Waals surface area contributed by atoms with Gasteiger partial charge in [-0.2, -0.15) is 13.2 Å². The molecule has 0 spiro atoms. The number of benzene rings is 1. The lowest BCUT2D eigenvalue weighted by atomic mass is 10.2. The van der Waals surface area contributed by atoms with Crippen LogP contribution in [0.1, 0.15) is 12.8 Å². The van der Waals surface area contributed by atoms with Crippen LogP contribution < -0.4 is 11.1 Å². The highest BCUT2D eigenvalue weighted by molar-refractivity contribution is 9.10. The van der Waals surface area contributed by atoms with E-state index in [0.717, 1.165) is 4.47 Å². The number of nitrogens with two attached hydrogens (primary N) is 1. The van der Waals surface area contributed by atoms with Crippen molar-refractivity contribution in [3.63, 3.8) is 0 Å². The summed E-state index contributed by atoms with van der Waals surface area (Å²) in [6.45, 7) is 0. The Kier molecular flexibility index (Phi) is 2.57. The Bertz CT molecular complexity index is 413. The van der Waals surface area contributed by atoms with Crippen LogP contribution in [0.3, 0.4) is 0 Å². The molecule has 88 valence electrons. The van der Waals surface area contributed by atoms with Gasteiger partial charge in [0.1, 0.15) is 5.54 Å². The number of anilines is 2. The second kappa shape index (κ2) is 3.55. The summed E-state index contributed by atoms with van der Waals surface area (Å²) in [6.07, 6.45) is -4.02. The summed E-state index contributed by atoms with van der Waals surface area (Å²) in [6, 6.07) is 4.78. The van der Waals surface area contributed by atoms with Gasteiger partial charge in [-0.05, 0) is 31.0 Å². The first-order chi connectivity index (χ1) is 7.34. The van der Waals surface area contributed by atoms with E-state index in [0.29, 0.717) is 11.4 Å². The van der Waals surface area contributed by atoms with Gasteiger partial charge in [-0.1, -0.05) is 15.9 Å². The molecule has 2 nitrogen and oxygen atoms in total. The van der Waals surface area contributed by atoms with Crippen molar-refractivity contribution < 1.29 is 13.2 Å². The number of rotatable bonds is 2. The fourth-order valence-electron chi connectivity index (χ4n) is 1.51. The molecule has 1 aliphatic rings. The zero-order valence-electron chi connectivity index (χ0n) is 8.24. The third kappa shape index (κ3) is 1.98. The van der Waals surface area contributed by atoms with Gasteiger partial charge in [0.15, 0.2) is 0 Å². The van der Waals surface area contributed by atoms with Crippen LogP contribution in [0.4, 0.5) is 24.5 Å². The Balaban J connectivity index is 2.22. The van der Waals surface area contributed by atoms with Gasteiger partial charge < -0.3 is 11.1 Å². The molecule has 0 saturated heterocycles. The highest BCUT2D eigenvalue weighted by Gasteiger charge is 2.63. The lowest BCUT2D eigenvalue weighted by Gasteiger charge is -2.22. The van der Waals surface area contributed by atoms with Crippen LogP contribution in [0.5, 0.6) is 0 Å². The van der Waals surface area contributed by atoms with Crippen molar-refractivity contribution in [2.24, 2.45) is 0 Å². The summed E-state index contributed by atoms with van der Waals surface area (Å²) in [4.78, 5) is 0. The summed E-state index contributed by atoms with van der Waals surface area (Å²) in [7, 11) is 0. The van der Waals surface area contributed by atoms with E-state index in [4.69, 9.17) is 5.73 Å². The van der Waals surface area contributed by atoms with Crippen LogP contribution in [-0.4, -0.2) is 11.7 Å². The first kappa shape index (κ1) is 11.6. The lowest BCUT2D eigenvalue weighted by molar-refractivity contribution is -0.151. The number of nitrogen functional groups attached to an aromatic ring is 1. The Labute approximate surface area is 99.1 Å². The third-order valence-electron chi connectivity index (χ3n) is 2.68. The van der Waals surface area contributed by atoms with Crippen molar-refractivity contribution in [2.45, 2.75) is 24.6 Å². The highest BCUT2D eigenvalue weighted by atomic mass is 79.9. The summed E-state index contributed by atoms with van der Waals surface area (Å²) >= 11 is 3.20. The van der Waals surface area contributed by atoms with Gasteiger partial charge in [0.2, 0.25) is 0 Å². The molecule has 1 aromatic rings. The molecule has 2 rings (SSSR count). The van der Waals surface area contributed by atoms with Crippen molar-refractivity contribution >= 4 is 27.3 Å². The zero-order valence-corrected chi connectivity index (χ0v) is 9.82. The van der Waals surface area contributed by atoms with Crippen molar-refractivity contribution in [3.8, 4) is 0 Å². The molecule has 0 radical (unpaired) electrons. The number of hydrogen-bond acceptors (Lipinski definition) is 2. The molecule has 16 heavy (non-hydrogen) atoms. The van der Waals surface area contributed by atoms with E-state index < -0.39 is 11.7 Å². The quantitative estimate of drug-likeness (QED) is 0.819. The molecule has 6 heteroatoms. The largest absolute Gasteiger partial charge is 0.411 e. The van der Waals surface area contributed by atoms with E-state index in [1.807, 2.05) is 0 Å². The molecule has 0 bridgehead atoms. The van der Waals surface area contributed by atoms with Crippen molar-refractivity contribution in [1.82, 2.24) is 0 Å². The molecule has 0 atom stereocenters. The van der Waals surface area contributed by atoms with Gasteiger partial charge in [-0.3, -0.25) is 0 Å². The normalized spacial score (nSPS) is 18.2. The highest BCUT2D eigenvalue weighted by Crippen LogP contribution is 2.51. The molecule has 1 saturated carbocycles. The Morgan fingerprint density at radius 3 is 2.38 bits per heavy atom. The maximum absolute atomic E-state index is 12.7. The minimum Gasteiger partial charge on any atom is -0.397 e. The molecule has 0 amide bonds. The Hall–Kier alpha value is -0.910. The van der Waals surface area contributed by atoms with Gasteiger partial charge >= 0.3 is 6.18 Å². The monoisotopic (exact) mass is 294 g/mol. The van der Waals surface area contributed by atoms with E-state index in [9.17, 15) is 13.2 Å². The first-order valence-electron chi connectivity index (χ1n) is 4.74. The van der Waals surface area contributed by atoms with E-state index in [1.165, 1.54) is 0 Å². The van der Waals surface area contributed by atoms with Gasteiger partial charge in [0.25, 0.3) is 0 Å². The van der Waals surface area contributed by atoms with Crippen molar-refractivity contribution in [2.75, 3.05) is 11.1 Å². The second-order valence-electron chi connectivity index (χ2n) is 3.94. The molecule has 1 aromatic carbocycles. The molecule has 0 heterocycles.